The molecule has 1 fully saturated rings. The Morgan fingerprint density at radius 3 is 2.88 bits per heavy atom. The number of carbonyl (C=O) groups is 1. The number of amides is 2. The second kappa shape index (κ2) is 6.32. The molecule has 2 amide bonds. The zero-order valence-electron chi connectivity index (χ0n) is 13.5. The number of hydrogen-bond acceptors (Lipinski definition) is 3. The number of aromatic nitrogens is 3. The number of nitrogens with one attached hydrogen (secondary N) is 1. The minimum atomic E-state index is -1.02. The monoisotopic (exact) mass is 361 g/mol. The molecule has 2 aromatic heterocycles. The first kappa shape index (κ1) is 16.4. The number of hydrogen-bond donors (Lipinski definition) is 1. The molecule has 1 aliphatic rings. The maximum absolute atomic E-state index is 14.2. The van der Waals surface area contributed by atoms with E-state index in [1.165, 1.54) is 39.9 Å². The predicted octanol–water partition coefficient (Wildman–Crippen LogP) is 3.25. The molecule has 3 aromatic rings. The number of rotatable bonds is 2. The van der Waals surface area contributed by atoms with Gasteiger partial charge in [-0.2, -0.15) is 0 Å². The summed E-state index contributed by atoms with van der Waals surface area (Å²) in [6.07, 6.45) is 2.95. The molecule has 0 radical (unpaired) electrons. The van der Waals surface area contributed by atoms with E-state index in [1.807, 2.05) is 0 Å². The lowest BCUT2D eigenvalue weighted by Crippen LogP contribution is -2.33. The number of nitrogens with zero attached hydrogens (tertiary/aromatic N) is 4. The predicted molar refractivity (Wildman–Crippen MR) is 88.4 cm³/mol. The van der Waals surface area contributed by atoms with Crippen molar-refractivity contribution in [2.45, 2.75) is 12.6 Å². The van der Waals surface area contributed by atoms with Crippen molar-refractivity contribution in [3.63, 3.8) is 0 Å². The average Bonchev–Trinajstić information content (AvgIpc) is 3.22. The number of carbonyl (C=O) groups excluding carboxylic acids is 1. The Balaban J connectivity index is 1.62. The summed E-state index contributed by atoms with van der Waals surface area (Å²) in [7, 11) is 0. The van der Waals surface area contributed by atoms with Gasteiger partial charge in [0.1, 0.15) is 12.0 Å². The van der Waals surface area contributed by atoms with Crippen molar-refractivity contribution in [2.75, 3.05) is 18.4 Å². The van der Waals surface area contributed by atoms with Crippen molar-refractivity contribution in [3.05, 3.63) is 48.4 Å². The van der Waals surface area contributed by atoms with E-state index in [0.29, 0.717) is 18.7 Å². The van der Waals surface area contributed by atoms with Gasteiger partial charge in [0.2, 0.25) is 5.78 Å². The fourth-order valence-electron chi connectivity index (χ4n) is 2.89. The van der Waals surface area contributed by atoms with E-state index in [2.05, 4.69) is 15.3 Å². The molecule has 134 valence electrons. The molecule has 1 atom stereocenters. The molecule has 0 aliphatic carbocycles. The average molecular weight is 361 g/mol. The summed E-state index contributed by atoms with van der Waals surface area (Å²) in [5.41, 5.74) is 0.741. The smallest absolute Gasteiger partial charge is 0.321 e. The van der Waals surface area contributed by atoms with Gasteiger partial charge >= 0.3 is 6.03 Å². The van der Waals surface area contributed by atoms with Gasteiger partial charge in [-0.1, -0.05) is 0 Å². The van der Waals surface area contributed by atoms with E-state index >= 15 is 0 Å². The second-order valence-electron chi connectivity index (χ2n) is 6.06. The molecule has 26 heavy (non-hydrogen) atoms. The van der Waals surface area contributed by atoms with Crippen LogP contribution in [0.4, 0.5) is 23.7 Å². The topological polar surface area (TPSA) is 62.5 Å². The highest BCUT2D eigenvalue weighted by atomic mass is 19.1. The SMILES string of the molecule is O=C(Nc1ccc(F)c(-c2cn3cc(F)cnc3n2)c1)N1CCC(F)C1. The third-order valence-electron chi connectivity index (χ3n) is 4.19. The molecule has 1 aromatic carbocycles. The van der Waals surface area contributed by atoms with Gasteiger partial charge in [0.15, 0.2) is 5.82 Å². The molecule has 9 heteroatoms. The van der Waals surface area contributed by atoms with E-state index in [9.17, 15) is 18.0 Å². The number of likely N-dealkylation sites (tertiary alicyclic amines) is 1. The van der Waals surface area contributed by atoms with E-state index in [1.54, 1.807) is 0 Å². The molecular weight excluding hydrogens is 347 g/mol. The first-order chi connectivity index (χ1) is 12.5. The number of anilines is 1. The maximum atomic E-state index is 14.2. The fraction of sp³-hybridized carbons (Fsp3) is 0.235. The summed E-state index contributed by atoms with van der Waals surface area (Å²) in [4.78, 5) is 21.5. The van der Waals surface area contributed by atoms with Crippen LogP contribution in [0.15, 0.2) is 36.8 Å². The zero-order valence-corrected chi connectivity index (χ0v) is 13.5. The van der Waals surface area contributed by atoms with E-state index in [-0.39, 0.29) is 23.6 Å². The van der Waals surface area contributed by atoms with Gasteiger partial charge < -0.3 is 10.2 Å². The Morgan fingerprint density at radius 1 is 1.27 bits per heavy atom. The van der Waals surface area contributed by atoms with Crippen molar-refractivity contribution in [2.24, 2.45) is 0 Å². The molecule has 1 aliphatic heterocycles. The molecular formula is C17H14F3N5O. The summed E-state index contributed by atoms with van der Waals surface area (Å²) < 4.78 is 42.1. The fourth-order valence-corrected chi connectivity index (χ4v) is 2.89. The lowest BCUT2D eigenvalue weighted by atomic mass is 10.1. The lowest BCUT2D eigenvalue weighted by Gasteiger charge is -2.16. The van der Waals surface area contributed by atoms with Crippen LogP contribution in [-0.2, 0) is 0 Å². The number of benzene rings is 1. The van der Waals surface area contributed by atoms with Crippen LogP contribution in [0.1, 0.15) is 6.42 Å². The van der Waals surface area contributed by atoms with Crippen LogP contribution in [-0.4, -0.2) is 44.6 Å². The first-order valence-electron chi connectivity index (χ1n) is 8.00. The Bertz CT molecular complexity index is 990. The molecule has 0 spiro atoms. The summed E-state index contributed by atoms with van der Waals surface area (Å²) in [6, 6.07) is 3.59. The standard InChI is InChI=1S/C17H14F3N5O/c18-10-3-4-24(7-10)17(26)22-12-1-2-14(20)13(5-12)15-9-25-8-11(19)6-21-16(25)23-15/h1-2,5-6,8-10H,3-4,7H2,(H,22,26). The highest BCUT2D eigenvalue weighted by Gasteiger charge is 2.26. The Kier molecular flexibility index (Phi) is 3.98. The van der Waals surface area contributed by atoms with Gasteiger partial charge in [0.05, 0.1) is 18.4 Å². The van der Waals surface area contributed by atoms with Crippen LogP contribution in [0.3, 0.4) is 0 Å². The van der Waals surface area contributed by atoms with Crippen molar-refractivity contribution in [3.8, 4) is 11.3 Å². The van der Waals surface area contributed by atoms with Crippen LogP contribution >= 0.6 is 0 Å². The van der Waals surface area contributed by atoms with Crippen LogP contribution < -0.4 is 5.32 Å². The van der Waals surface area contributed by atoms with Gasteiger partial charge in [0.25, 0.3) is 0 Å². The van der Waals surface area contributed by atoms with E-state index in [4.69, 9.17) is 0 Å². The highest BCUT2D eigenvalue weighted by Crippen LogP contribution is 2.26. The van der Waals surface area contributed by atoms with Gasteiger partial charge in [-0.3, -0.25) is 4.40 Å². The molecule has 6 nitrogen and oxygen atoms in total. The van der Waals surface area contributed by atoms with Gasteiger partial charge in [0, 0.05) is 30.2 Å². The summed E-state index contributed by atoms with van der Waals surface area (Å²) in [6.45, 7) is 0.383. The Labute approximate surface area is 146 Å². The van der Waals surface area contributed by atoms with E-state index < -0.39 is 23.8 Å². The van der Waals surface area contributed by atoms with Crippen LogP contribution in [0.25, 0.3) is 17.0 Å². The van der Waals surface area contributed by atoms with Crippen LogP contribution in [0.5, 0.6) is 0 Å². The largest absolute Gasteiger partial charge is 0.322 e. The summed E-state index contributed by atoms with van der Waals surface area (Å²) in [5.74, 6) is -0.863. The number of alkyl halides is 1. The van der Waals surface area contributed by atoms with Crippen molar-refractivity contribution in [1.29, 1.82) is 0 Å². The molecule has 1 unspecified atom stereocenters. The minimum Gasteiger partial charge on any atom is -0.322 e. The third kappa shape index (κ3) is 3.07. The molecule has 3 heterocycles. The van der Waals surface area contributed by atoms with E-state index in [0.717, 1.165) is 6.20 Å². The number of imidazole rings is 1. The van der Waals surface area contributed by atoms with Gasteiger partial charge in [-0.05, 0) is 24.6 Å². The van der Waals surface area contributed by atoms with Gasteiger partial charge in [-0.25, -0.2) is 27.9 Å². The molecule has 1 saturated heterocycles. The molecule has 0 bridgehead atoms. The number of fused-ring (bicyclic) bond motifs is 1. The maximum Gasteiger partial charge on any atom is 0.321 e. The normalized spacial score (nSPS) is 17.0. The first-order valence-corrected chi connectivity index (χ1v) is 8.00. The highest BCUT2D eigenvalue weighted by molar-refractivity contribution is 5.90. The quantitative estimate of drug-likeness (QED) is 0.762. The summed E-state index contributed by atoms with van der Waals surface area (Å²) >= 11 is 0. The summed E-state index contributed by atoms with van der Waals surface area (Å²) in [5, 5.41) is 2.63. The van der Waals surface area contributed by atoms with Crippen molar-refractivity contribution < 1.29 is 18.0 Å². The second-order valence-corrected chi connectivity index (χ2v) is 6.06. The van der Waals surface area contributed by atoms with Crippen LogP contribution in [0.2, 0.25) is 0 Å². The van der Waals surface area contributed by atoms with Crippen molar-refractivity contribution in [1.82, 2.24) is 19.3 Å². The Hall–Kier alpha value is -3.10. The minimum absolute atomic E-state index is 0.0452. The molecule has 4 rings (SSSR count). The zero-order chi connectivity index (χ0) is 18.3. The Morgan fingerprint density at radius 2 is 2.12 bits per heavy atom. The van der Waals surface area contributed by atoms with Crippen LogP contribution in [0, 0.1) is 11.6 Å². The van der Waals surface area contributed by atoms with Crippen molar-refractivity contribution >= 4 is 17.5 Å². The molecule has 0 saturated carbocycles. The van der Waals surface area contributed by atoms with Gasteiger partial charge in [-0.15, -0.1) is 0 Å². The third-order valence-corrected chi connectivity index (χ3v) is 4.19. The number of halogens is 3. The molecule has 1 N–H and O–H groups in total. The lowest BCUT2D eigenvalue weighted by molar-refractivity contribution is 0.218. The number of urea groups is 1.